The summed E-state index contributed by atoms with van der Waals surface area (Å²) in [5.41, 5.74) is 2.36. The van der Waals surface area contributed by atoms with Crippen molar-refractivity contribution in [2.75, 3.05) is 13.2 Å². The summed E-state index contributed by atoms with van der Waals surface area (Å²) < 4.78 is 20.9. The van der Waals surface area contributed by atoms with Gasteiger partial charge < -0.3 is 13.9 Å². The standard InChI is InChI=1S/C22H28BrIO3Si/c1-22(2,3)28(4,5)26-14-21(15-7-6-8-17(23)11-15)27-20-13-19-16(9-10-25-19)12-18(20)24/h6-8,11-13,21H,9-10,14H2,1-5H3. The maximum absolute atomic E-state index is 6.52. The SMILES string of the molecule is CC(C)(C)[Si](C)(C)OCC(Oc1cc2c(cc1I)CCO2)c1cccc(Br)c1. The van der Waals surface area contributed by atoms with Crippen LogP contribution in [0, 0.1) is 3.57 Å². The molecule has 0 fully saturated rings. The van der Waals surface area contributed by atoms with Gasteiger partial charge in [0.05, 0.1) is 16.8 Å². The quantitative estimate of drug-likeness (QED) is 0.271. The molecular weight excluding hydrogens is 547 g/mol. The second-order valence-electron chi connectivity index (χ2n) is 8.72. The molecule has 0 amide bonds. The van der Waals surface area contributed by atoms with Crippen molar-refractivity contribution in [3.8, 4) is 11.5 Å². The van der Waals surface area contributed by atoms with Crippen LogP contribution in [0.5, 0.6) is 11.5 Å². The van der Waals surface area contributed by atoms with Gasteiger partial charge in [-0.3, -0.25) is 0 Å². The highest BCUT2D eigenvalue weighted by Gasteiger charge is 2.38. The lowest BCUT2D eigenvalue weighted by Crippen LogP contribution is -2.42. The molecule has 2 aromatic carbocycles. The van der Waals surface area contributed by atoms with E-state index in [2.05, 4.69) is 90.6 Å². The Balaban J connectivity index is 1.87. The molecule has 0 N–H and O–H groups in total. The predicted octanol–water partition coefficient (Wildman–Crippen LogP) is 7.13. The molecule has 1 aliphatic rings. The summed E-state index contributed by atoms with van der Waals surface area (Å²) in [6.07, 6.45) is 0.786. The molecule has 28 heavy (non-hydrogen) atoms. The lowest BCUT2D eigenvalue weighted by Gasteiger charge is -2.37. The number of ether oxygens (including phenoxy) is 2. The summed E-state index contributed by atoms with van der Waals surface area (Å²) >= 11 is 5.93. The highest BCUT2D eigenvalue weighted by atomic mass is 127. The van der Waals surface area contributed by atoms with Crippen LogP contribution in [0.2, 0.25) is 18.1 Å². The Labute approximate surface area is 191 Å². The molecule has 0 radical (unpaired) electrons. The van der Waals surface area contributed by atoms with Crippen molar-refractivity contribution in [1.82, 2.24) is 0 Å². The summed E-state index contributed by atoms with van der Waals surface area (Å²) in [6.45, 7) is 12.6. The number of halogens is 2. The molecule has 2 aromatic rings. The van der Waals surface area contributed by atoms with E-state index in [1.165, 1.54) is 5.56 Å². The van der Waals surface area contributed by atoms with Gasteiger partial charge in [-0.1, -0.05) is 48.8 Å². The van der Waals surface area contributed by atoms with Gasteiger partial charge in [0, 0.05) is 17.0 Å². The lowest BCUT2D eigenvalue weighted by atomic mass is 10.1. The van der Waals surface area contributed by atoms with Crippen LogP contribution in [-0.4, -0.2) is 21.5 Å². The highest BCUT2D eigenvalue weighted by molar-refractivity contribution is 14.1. The number of benzene rings is 2. The van der Waals surface area contributed by atoms with Crippen molar-refractivity contribution < 1.29 is 13.9 Å². The Morgan fingerprint density at radius 1 is 1.21 bits per heavy atom. The van der Waals surface area contributed by atoms with Crippen LogP contribution in [0.25, 0.3) is 0 Å². The van der Waals surface area contributed by atoms with E-state index in [1.807, 2.05) is 18.2 Å². The van der Waals surface area contributed by atoms with Crippen molar-refractivity contribution in [2.45, 2.75) is 51.4 Å². The molecule has 0 aliphatic carbocycles. The van der Waals surface area contributed by atoms with Gasteiger partial charge in [0.2, 0.25) is 0 Å². The minimum Gasteiger partial charge on any atom is -0.493 e. The van der Waals surface area contributed by atoms with Gasteiger partial charge in [-0.2, -0.15) is 0 Å². The Morgan fingerprint density at radius 2 is 1.96 bits per heavy atom. The van der Waals surface area contributed by atoms with Crippen LogP contribution in [0.15, 0.2) is 40.9 Å². The maximum Gasteiger partial charge on any atom is 0.192 e. The fourth-order valence-corrected chi connectivity index (χ4v) is 4.90. The first-order chi connectivity index (χ1) is 13.1. The molecule has 3 rings (SSSR count). The second-order valence-corrected chi connectivity index (χ2v) is 15.6. The Morgan fingerprint density at radius 3 is 2.64 bits per heavy atom. The molecule has 0 saturated heterocycles. The van der Waals surface area contributed by atoms with E-state index >= 15 is 0 Å². The molecule has 1 aliphatic heterocycles. The van der Waals surface area contributed by atoms with Crippen LogP contribution >= 0.6 is 38.5 Å². The number of fused-ring (bicyclic) bond motifs is 1. The van der Waals surface area contributed by atoms with E-state index in [1.54, 1.807) is 0 Å². The van der Waals surface area contributed by atoms with E-state index in [0.717, 1.165) is 38.1 Å². The molecule has 1 heterocycles. The van der Waals surface area contributed by atoms with Crippen LogP contribution in [0.3, 0.4) is 0 Å². The summed E-state index contributed by atoms with van der Waals surface area (Å²) in [7, 11) is -1.88. The topological polar surface area (TPSA) is 27.7 Å². The fraction of sp³-hybridized carbons (Fsp3) is 0.455. The van der Waals surface area contributed by atoms with Gasteiger partial charge in [0.25, 0.3) is 0 Å². The molecule has 6 heteroatoms. The summed E-state index contributed by atoms with van der Waals surface area (Å²) in [5.74, 6) is 1.79. The fourth-order valence-electron chi connectivity index (χ4n) is 2.83. The van der Waals surface area contributed by atoms with Gasteiger partial charge in [-0.15, -0.1) is 0 Å². The average Bonchev–Trinajstić information content (AvgIpc) is 3.04. The van der Waals surface area contributed by atoms with Crippen molar-refractivity contribution in [2.24, 2.45) is 0 Å². The van der Waals surface area contributed by atoms with Crippen LogP contribution in [0.1, 0.15) is 38.0 Å². The monoisotopic (exact) mass is 574 g/mol. The Kier molecular flexibility index (Phi) is 6.84. The zero-order valence-electron chi connectivity index (χ0n) is 17.1. The van der Waals surface area contributed by atoms with Crippen LogP contribution in [0.4, 0.5) is 0 Å². The van der Waals surface area contributed by atoms with Crippen molar-refractivity contribution in [3.05, 3.63) is 55.6 Å². The molecule has 0 saturated carbocycles. The number of rotatable bonds is 6. The molecule has 0 bridgehead atoms. The number of hydrogen-bond acceptors (Lipinski definition) is 3. The first-order valence-electron chi connectivity index (χ1n) is 9.58. The molecule has 3 nitrogen and oxygen atoms in total. The normalized spacial score (nSPS) is 15.1. The lowest BCUT2D eigenvalue weighted by molar-refractivity contribution is 0.120. The molecule has 152 valence electrons. The van der Waals surface area contributed by atoms with Crippen LogP contribution < -0.4 is 9.47 Å². The average molecular weight is 575 g/mol. The van der Waals surface area contributed by atoms with E-state index in [-0.39, 0.29) is 11.1 Å². The highest BCUT2D eigenvalue weighted by Crippen LogP contribution is 2.39. The van der Waals surface area contributed by atoms with Crippen molar-refractivity contribution >= 4 is 46.8 Å². The second kappa shape index (κ2) is 8.66. The maximum atomic E-state index is 6.52. The molecule has 1 atom stereocenters. The first kappa shape index (κ1) is 22.1. The molecular formula is C22H28BrIO3Si. The van der Waals surface area contributed by atoms with Gasteiger partial charge in [-0.05, 0) is 70.0 Å². The largest absolute Gasteiger partial charge is 0.493 e. The Hall–Kier alpha value is -0.573. The third kappa shape index (κ3) is 5.12. The predicted molar refractivity (Wildman–Crippen MR) is 129 cm³/mol. The van der Waals surface area contributed by atoms with Crippen molar-refractivity contribution in [3.63, 3.8) is 0 Å². The zero-order chi connectivity index (χ0) is 20.5. The minimum absolute atomic E-state index is 0.157. The van der Waals surface area contributed by atoms with E-state index in [0.29, 0.717) is 6.61 Å². The van der Waals surface area contributed by atoms with E-state index < -0.39 is 8.32 Å². The van der Waals surface area contributed by atoms with Crippen LogP contribution in [-0.2, 0) is 10.8 Å². The first-order valence-corrected chi connectivity index (χ1v) is 14.4. The summed E-state index contributed by atoms with van der Waals surface area (Å²) in [4.78, 5) is 0. The van der Waals surface area contributed by atoms with Gasteiger partial charge in [0.1, 0.15) is 17.6 Å². The van der Waals surface area contributed by atoms with Gasteiger partial charge in [0.15, 0.2) is 8.32 Å². The minimum atomic E-state index is -1.88. The molecule has 1 unspecified atom stereocenters. The van der Waals surface area contributed by atoms with Crippen molar-refractivity contribution in [1.29, 1.82) is 0 Å². The zero-order valence-corrected chi connectivity index (χ0v) is 21.9. The molecule has 0 spiro atoms. The third-order valence-electron chi connectivity index (χ3n) is 5.64. The van der Waals surface area contributed by atoms with Gasteiger partial charge >= 0.3 is 0 Å². The van der Waals surface area contributed by atoms with E-state index in [9.17, 15) is 0 Å². The number of hydrogen-bond donors (Lipinski definition) is 0. The summed E-state index contributed by atoms with van der Waals surface area (Å²) in [5, 5.41) is 0.157. The van der Waals surface area contributed by atoms with E-state index in [4.69, 9.17) is 13.9 Å². The van der Waals surface area contributed by atoms with Gasteiger partial charge in [-0.25, -0.2) is 0 Å². The molecule has 0 aromatic heterocycles. The third-order valence-corrected chi connectivity index (χ3v) is 11.5. The summed E-state index contributed by atoms with van der Waals surface area (Å²) in [6, 6.07) is 12.5. The smallest absolute Gasteiger partial charge is 0.192 e. The Bertz CT molecular complexity index is 848.